The van der Waals surface area contributed by atoms with Crippen molar-refractivity contribution in [2.45, 2.75) is 0 Å². The molecule has 4 aromatic carbocycles. The van der Waals surface area contributed by atoms with Gasteiger partial charge in [-0.3, -0.25) is 9.13 Å². The molecule has 0 N–H and O–H groups in total. The smallest absolute Gasteiger partial charge is 0.189 e. The number of benzene rings is 4. The van der Waals surface area contributed by atoms with Gasteiger partial charge in [0, 0.05) is 28.2 Å². The van der Waals surface area contributed by atoms with Gasteiger partial charge in [-0.15, -0.1) is 0 Å². The highest BCUT2D eigenvalue weighted by Gasteiger charge is 2.34. The normalized spacial score (nSPS) is 11.4. The first-order valence-corrected chi connectivity index (χ1v) is 12.5. The predicted molar refractivity (Wildman–Crippen MR) is 135 cm³/mol. The van der Waals surface area contributed by atoms with E-state index in [1.807, 2.05) is 137 Å². The minimum absolute atomic E-state index is 0.574. The molecule has 0 aliphatic rings. The molecule has 3 nitrogen and oxygen atoms in total. The Kier molecular flexibility index (Phi) is 5.48. The van der Waals surface area contributed by atoms with E-state index in [-0.39, 0.29) is 0 Å². The van der Waals surface area contributed by atoms with Gasteiger partial charge in [-0.2, -0.15) is 0 Å². The Bertz CT molecular complexity index is 1400. The van der Waals surface area contributed by atoms with Crippen LogP contribution in [0, 0.1) is 4.77 Å². The molecule has 0 spiro atoms. The van der Waals surface area contributed by atoms with E-state index in [9.17, 15) is 0 Å². The fourth-order valence-corrected chi connectivity index (χ4v) is 7.15. The summed E-state index contributed by atoms with van der Waals surface area (Å²) in [6.45, 7) is 0. The molecule has 156 valence electrons. The van der Waals surface area contributed by atoms with Crippen molar-refractivity contribution in [2.75, 3.05) is 0 Å². The second-order valence-electron chi connectivity index (χ2n) is 7.43. The lowest BCUT2D eigenvalue weighted by Crippen LogP contribution is -2.29. The van der Waals surface area contributed by atoms with Crippen molar-refractivity contribution >= 4 is 35.4 Å². The molecule has 5 rings (SSSR count). The molecule has 0 aliphatic heterocycles. The monoisotopic (exact) mass is 452 g/mol. The fraction of sp³-hybridized carbons (Fsp3) is 0. The molecule has 0 aliphatic carbocycles. The number of aromatic nitrogens is 2. The average Bonchev–Trinajstić information content (AvgIpc) is 3.23. The van der Waals surface area contributed by atoms with Gasteiger partial charge in [0.2, 0.25) is 0 Å². The Morgan fingerprint density at radius 3 is 1.44 bits per heavy atom. The zero-order valence-electron chi connectivity index (χ0n) is 17.3. The van der Waals surface area contributed by atoms with E-state index in [0.717, 1.165) is 22.0 Å². The summed E-state index contributed by atoms with van der Waals surface area (Å²) in [6, 6.07) is 39.2. The number of hydrogen-bond donors (Lipinski definition) is 0. The van der Waals surface area contributed by atoms with Crippen molar-refractivity contribution < 1.29 is 4.57 Å². The van der Waals surface area contributed by atoms with E-state index in [4.69, 9.17) is 12.2 Å². The molecule has 0 saturated heterocycles. The molecule has 0 unspecified atom stereocenters. The summed E-state index contributed by atoms with van der Waals surface area (Å²) in [7, 11) is -3.23. The molecule has 0 amide bonds. The molecule has 32 heavy (non-hydrogen) atoms. The SMILES string of the molecule is O=P(c1ccccc1)(c1ccccc1)c1cn(-c2ccccc2)c(=S)n1-c1ccccc1. The van der Waals surface area contributed by atoms with Crippen molar-refractivity contribution in [3.8, 4) is 11.4 Å². The van der Waals surface area contributed by atoms with E-state index in [0.29, 0.717) is 10.2 Å². The van der Waals surface area contributed by atoms with E-state index in [1.54, 1.807) is 0 Å². The minimum Gasteiger partial charge on any atom is -0.307 e. The maximum absolute atomic E-state index is 15.1. The van der Waals surface area contributed by atoms with Crippen LogP contribution >= 0.6 is 19.4 Å². The number of imidazole rings is 1. The lowest BCUT2D eigenvalue weighted by molar-refractivity contribution is 0.591. The van der Waals surface area contributed by atoms with Gasteiger partial charge < -0.3 is 4.57 Å². The van der Waals surface area contributed by atoms with Gasteiger partial charge in [0.05, 0.1) is 0 Å². The van der Waals surface area contributed by atoms with Crippen LogP contribution in [0.3, 0.4) is 0 Å². The number of hydrogen-bond acceptors (Lipinski definition) is 2. The molecule has 5 heteroatoms. The highest BCUT2D eigenvalue weighted by atomic mass is 32.1. The molecular formula is C27H21N2OPS. The second kappa shape index (κ2) is 8.58. The third kappa shape index (κ3) is 3.48. The lowest BCUT2D eigenvalue weighted by atomic mass is 10.3. The Morgan fingerprint density at radius 1 is 0.562 bits per heavy atom. The van der Waals surface area contributed by atoms with E-state index >= 15 is 4.57 Å². The Balaban J connectivity index is 1.89. The molecule has 5 aromatic rings. The third-order valence-electron chi connectivity index (χ3n) is 5.48. The molecule has 0 saturated carbocycles. The maximum Gasteiger partial charge on any atom is 0.189 e. The highest BCUT2D eigenvalue weighted by Crippen LogP contribution is 2.43. The maximum atomic E-state index is 15.1. The van der Waals surface area contributed by atoms with Crippen molar-refractivity contribution in [3.05, 3.63) is 132 Å². The first-order chi connectivity index (χ1) is 15.7. The molecular weight excluding hydrogens is 431 g/mol. The van der Waals surface area contributed by atoms with E-state index < -0.39 is 7.14 Å². The first kappa shape index (κ1) is 20.4. The Hall–Kier alpha value is -3.46. The molecule has 0 bridgehead atoms. The van der Waals surface area contributed by atoms with E-state index in [2.05, 4.69) is 0 Å². The summed E-state index contributed by atoms with van der Waals surface area (Å²) in [5, 5.41) is 1.55. The summed E-state index contributed by atoms with van der Waals surface area (Å²) < 4.78 is 19.6. The molecule has 0 fully saturated rings. The van der Waals surface area contributed by atoms with Crippen LogP contribution in [-0.4, -0.2) is 9.13 Å². The lowest BCUT2D eigenvalue weighted by Gasteiger charge is -2.21. The van der Waals surface area contributed by atoms with Crippen LogP contribution in [0.4, 0.5) is 0 Å². The summed E-state index contributed by atoms with van der Waals surface area (Å²) >= 11 is 5.95. The second-order valence-corrected chi connectivity index (χ2v) is 10.5. The van der Waals surface area contributed by atoms with Crippen LogP contribution in [0.2, 0.25) is 0 Å². The van der Waals surface area contributed by atoms with Crippen LogP contribution in [0.5, 0.6) is 0 Å². The fourth-order valence-electron chi connectivity index (χ4n) is 3.94. The zero-order chi connectivity index (χ0) is 22.0. The van der Waals surface area contributed by atoms with Crippen molar-refractivity contribution in [2.24, 2.45) is 0 Å². The first-order valence-electron chi connectivity index (χ1n) is 10.4. The quantitative estimate of drug-likeness (QED) is 0.255. The minimum atomic E-state index is -3.23. The standard InChI is InChI=1S/C27H21N2OPS/c30-31(24-17-9-3-10-18-24,25-19-11-4-12-20-25)26-21-28(22-13-5-1-6-14-22)27(32)29(26)23-15-7-2-8-16-23/h1-21H. The average molecular weight is 453 g/mol. The van der Waals surface area contributed by atoms with Crippen LogP contribution in [-0.2, 0) is 4.57 Å². The van der Waals surface area contributed by atoms with Gasteiger partial charge in [0.25, 0.3) is 0 Å². The van der Waals surface area contributed by atoms with Crippen molar-refractivity contribution in [3.63, 3.8) is 0 Å². The Morgan fingerprint density at radius 2 is 0.969 bits per heavy atom. The van der Waals surface area contributed by atoms with Crippen LogP contribution < -0.4 is 16.0 Å². The Labute approximate surface area is 192 Å². The summed E-state index contributed by atoms with van der Waals surface area (Å²) in [5.41, 5.74) is 2.49. The van der Waals surface area contributed by atoms with Gasteiger partial charge >= 0.3 is 0 Å². The van der Waals surface area contributed by atoms with Crippen LogP contribution in [0.1, 0.15) is 0 Å². The molecule has 1 aromatic heterocycles. The van der Waals surface area contributed by atoms with E-state index in [1.165, 1.54) is 0 Å². The van der Waals surface area contributed by atoms with Gasteiger partial charge in [-0.25, -0.2) is 0 Å². The predicted octanol–water partition coefficient (Wildman–Crippen LogP) is 5.64. The third-order valence-corrected chi connectivity index (χ3v) is 8.87. The van der Waals surface area contributed by atoms with Gasteiger partial charge in [-0.05, 0) is 36.5 Å². The zero-order valence-corrected chi connectivity index (χ0v) is 19.0. The van der Waals surface area contributed by atoms with Crippen molar-refractivity contribution in [1.82, 2.24) is 9.13 Å². The molecule has 0 atom stereocenters. The van der Waals surface area contributed by atoms with Crippen LogP contribution in [0.15, 0.2) is 128 Å². The summed E-state index contributed by atoms with van der Waals surface area (Å²) in [6.07, 6.45) is 1.94. The van der Waals surface area contributed by atoms with Crippen LogP contribution in [0.25, 0.3) is 11.4 Å². The molecule has 0 radical (unpaired) electrons. The summed E-state index contributed by atoms with van der Waals surface area (Å²) in [5.74, 6) is 0. The van der Waals surface area contributed by atoms with Gasteiger partial charge in [-0.1, -0.05) is 97.1 Å². The van der Waals surface area contributed by atoms with Gasteiger partial charge in [0.1, 0.15) is 5.44 Å². The topological polar surface area (TPSA) is 26.9 Å². The van der Waals surface area contributed by atoms with Crippen molar-refractivity contribution in [1.29, 1.82) is 0 Å². The molecule has 1 heterocycles. The summed E-state index contributed by atoms with van der Waals surface area (Å²) in [4.78, 5) is 0. The number of rotatable bonds is 5. The highest BCUT2D eigenvalue weighted by molar-refractivity contribution is 7.85. The van der Waals surface area contributed by atoms with Gasteiger partial charge in [0.15, 0.2) is 11.9 Å². The number of nitrogens with zero attached hydrogens (tertiary/aromatic N) is 2. The largest absolute Gasteiger partial charge is 0.307 e. The number of para-hydroxylation sites is 2.